The molecule has 10 aliphatic rings. The number of methoxy groups -OCH3 is 4. The van der Waals surface area contributed by atoms with Gasteiger partial charge in [0.05, 0.1) is 40.6 Å². The van der Waals surface area contributed by atoms with Gasteiger partial charge in [-0.05, 0) is 22.3 Å². The molecule has 0 aliphatic carbocycles. The first-order chi connectivity index (χ1) is 24.7. The molecule has 8 fully saturated rings. The monoisotopic (exact) mass is 696 g/mol. The van der Waals surface area contributed by atoms with Crippen LogP contribution < -0.4 is 10.6 Å². The maximum Gasteiger partial charge on any atom is 0.338 e. The Morgan fingerprint density at radius 1 is 0.471 bits per heavy atom. The lowest BCUT2D eigenvalue weighted by molar-refractivity contribution is -0.201. The number of carbonyl (C=O) groups is 4. The Bertz CT molecular complexity index is 1770. The predicted octanol–water partition coefficient (Wildman–Crippen LogP) is 1.23. The Balaban J connectivity index is 1.11. The van der Waals surface area contributed by atoms with Crippen LogP contribution >= 0.6 is 0 Å². The number of hydrogen-bond donors (Lipinski definition) is 2. The molecule has 264 valence electrons. The van der Waals surface area contributed by atoms with Gasteiger partial charge in [0.2, 0.25) is 0 Å². The minimum Gasteiger partial charge on any atom is -0.467 e. The number of carbonyl (C=O) groups excluding carboxylic acids is 4. The predicted molar refractivity (Wildman–Crippen MR) is 168 cm³/mol. The second-order valence-electron chi connectivity index (χ2n) is 16.1. The minimum atomic E-state index is -1.63. The molecule has 0 spiro atoms. The maximum absolute atomic E-state index is 14.6. The van der Waals surface area contributed by atoms with Crippen LogP contribution in [0.3, 0.4) is 0 Å². The molecule has 8 saturated heterocycles. The molecule has 10 aliphatic heterocycles. The largest absolute Gasteiger partial charge is 0.467 e. The van der Waals surface area contributed by atoms with Gasteiger partial charge in [0.15, 0.2) is 22.4 Å². The molecular weight excluding hydrogens is 660 g/mol. The Morgan fingerprint density at radius 2 is 0.725 bits per heavy atom. The molecule has 2 aromatic rings. The van der Waals surface area contributed by atoms with Gasteiger partial charge in [-0.25, -0.2) is 19.2 Å². The molecule has 18 atom stereocenters. The first kappa shape index (κ1) is 29.7. The molecule has 10 heterocycles. The Hall–Kier alpha value is -3.88. The van der Waals surface area contributed by atoms with Gasteiger partial charge in [0.1, 0.15) is 0 Å². The highest BCUT2D eigenvalue weighted by Gasteiger charge is 2.98. The standard InChI is InChI=1S/C38H36N2O11/c1-45-31(41)35-17-18(26-14-10-6-5-9-13(14)25(17)39-26)36(50-35,32(42)46-2)22-21(35)29-23-24(30(22)49-29)38(34(44)48-4)20-19(37(23,51-38)33(43)47-3)27-15-11-7-8-12-16(15)28(20)40-27/h5-12,17-30,39-40H,1-4H3/t17-,18+,19+,20-,21+,22-,23-,24+,25+,26-,27-,28+,29?,30?,35+,36-,37-,38+. The third-order valence-corrected chi connectivity index (χ3v) is 15.4. The van der Waals surface area contributed by atoms with Crippen LogP contribution in [0.5, 0.6) is 0 Å². The zero-order valence-electron chi connectivity index (χ0n) is 28.2. The fourth-order valence-corrected chi connectivity index (χ4v) is 14.7. The summed E-state index contributed by atoms with van der Waals surface area (Å²) in [5.41, 5.74) is -2.30. The average Bonchev–Trinajstić information content (AvgIpc) is 4.03. The molecule has 13 nitrogen and oxygen atoms in total. The van der Waals surface area contributed by atoms with Crippen molar-refractivity contribution in [2.24, 2.45) is 47.3 Å². The van der Waals surface area contributed by atoms with Crippen LogP contribution in [0, 0.1) is 47.3 Å². The van der Waals surface area contributed by atoms with Crippen molar-refractivity contribution in [1.82, 2.24) is 10.6 Å². The fraction of sp³-hybridized carbons (Fsp3) is 0.579. The number of esters is 4. The first-order valence-electron chi connectivity index (χ1n) is 17.8. The summed E-state index contributed by atoms with van der Waals surface area (Å²) in [6.07, 6.45) is -1.65. The molecule has 0 amide bonds. The smallest absolute Gasteiger partial charge is 0.338 e. The van der Waals surface area contributed by atoms with Crippen molar-refractivity contribution in [3.8, 4) is 0 Å². The van der Waals surface area contributed by atoms with Crippen molar-refractivity contribution >= 4 is 23.9 Å². The highest BCUT2D eigenvalue weighted by molar-refractivity contribution is 5.93. The van der Waals surface area contributed by atoms with Crippen LogP contribution in [-0.2, 0) is 52.3 Å². The number of ether oxygens (including phenoxy) is 7. The quantitative estimate of drug-likeness (QED) is 0.348. The van der Waals surface area contributed by atoms with E-state index in [0.717, 1.165) is 22.3 Å². The number of fused-ring (bicyclic) bond motifs is 36. The minimum absolute atomic E-state index is 0.305. The van der Waals surface area contributed by atoms with Gasteiger partial charge in [0, 0.05) is 71.5 Å². The van der Waals surface area contributed by atoms with E-state index in [4.69, 9.17) is 33.2 Å². The molecule has 2 aromatic carbocycles. The van der Waals surface area contributed by atoms with Crippen LogP contribution in [0.4, 0.5) is 0 Å². The van der Waals surface area contributed by atoms with E-state index in [2.05, 4.69) is 10.6 Å². The Kier molecular flexibility index (Phi) is 5.14. The van der Waals surface area contributed by atoms with Crippen LogP contribution in [0.2, 0.25) is 0 Å². The summed E-state index contributed by atoms with van der Waals surface area (Å²) in [5, 5.41) is 7.48. The third kappa shape index (κ3) is 2.59. The van der Waals surface area contributed by atoms with E-state index >= 15 is 0 Å². The van der Waals surface area contributed by atoms with Gasteiger partial charge in [-0.2, -0.15) is 0 Å². The van der Waals surface area contributed by atoms with Crippen molar-refractivity contribution in [3.63, 3.8) is 0 Å². The summed E-state index contributed by atoms with van der Waals surface area (Å²) in [4.78, 5) is 58.3. The van der Waals surface area contributed by atoms with E-state index in [1.807, 2.05) is 48.5 Å². The van der Waals surface area contributed by atoms with Crippen molar-refractivity contribution < 1.29 is 52.3 Å². The van der Waals surface area contributed by atoms with E-state index < -0.39 is 106 Å². The lowest BCUT2D eigenvalue weighted by atomic mass is 9.42. The van der Waals surface area contributed by atoms with E-state index in [1.54, 1.807) is 0 Å². The van der Waals surface area contributed by atoms with Gasteiger partial charge >= 0.3 is 23.9 Å². The van der Waals surface area contributed by atoms with Crippen molar-refractivity contribution in [3.05, 3.63) is 70.8 Å². The van der Waals surface area contributed by atoms with Crippen LogP contribution in [-0.4, -0.2) is 86.9 Å². The fourth-order valence-electron chi connectivity index (χ4n) is 14.7. The van der Waals surface area contributed by atoms with Gasteiger partial charge in [0.25, 0.3) is 0 Å². The topological polar surface area (TPSA) is 157 Å². The van der Waals surface area contributed by atoms with Crippen LogP contribution in [0.25, 0.3) is 0 Å². The number of hydrogen-bond acceptors (Lipinski definition) is 13. The lowest BCUT2D eigenvalue weighted by Crippen LogP contribution is -2.69. The number of benzene rings is 2. The zero-order valence-corrected chi connectivity index (χ0v) is 28.2. The molecule has 0 saturated carbocycles. The normalized spacial score (nSPS) is 52.2. The van der Waals surface area contributed by atoms with Crippen molar-refractivity contribution in [2.45, 2.75) is 58.8 Å². The van der Waals surface area contributed by atoms with Gasteiger partial charge in [-0.1, -0.05) is 48.5 Å². The van der Waals surface area contributed by atoms with Crippen molar-refractivity contribution in [2.75, 3.05) is 28.4 Å². The Morgan fingerprint density at radius 3 is 0.961 bits per heavy atom. The summed E-state index contributed by atoms with van der Waals surface area (Å²) < 4.78 is 43.8. The second-order valence-corrected chi connectivity index (χ2v) is 16.1. The van der Waals surface area contributed by atoms with E-state index in [1.165, 1.54) is 28.4 Å². The van der Waals surface area contributed by atoms with E-state index in [0.29, 0.717) is 0 Å². The van der Waals surface area contributed by atoms with Crippen molar-refractivity contribution in [1.29, 1.82) is 0 Å². The summed E-state index contributed by atoms with van der Waals surface area (Å²) >= 11 is 0. The first-order valence-corrected chi connectivity index (χ1v) is 17.8. The van der Waals surface area contributed by atoms with Gasteiger partial charge in [-0.3, -0.25) is 0 Å². The third-order valence-electron chi connectivity index (χ3n) is 15.4. The molecule has 0 aromatic heterocycles. The highest BCUT2D eigenvalue weighted by Crippen LogP contribution is 2.84. The molecular formula is C38H36N2O11. The molecule has 12 rings (SSSR count). The lowest BCUT2D eigenvalue weighted by Gasteiger charge is -2.53. The van der Waals surface area contributed by atoms with Crippen LogP contribution in [0.1, 0.15) is 46.4 Å². The number of rotatable bonds is 4. The molecule has 51 heavy (non-hydrogen) atoms. The molecule has 2 N–H and O–H groups in total. The molecule has 2 unspecified atom stereocenters. The molecule has 10 bridgehead atoms. The van der Waals surface area contributed by atoms with Gasteiger partial charge in [-0.15, -0.1) is 0 Å². The molecule has 13 heteroatoms. The summed E-state index contributed by atoms with van der Waals surface area (Å²) in [6.45, 7) is 0. The highest BCUT2D eigenvalue weighted by atomic mass is 16.6. The van der Waals surface area contributed by atoms with E-state index in [-0.39, 0.29) is 24.2 Å². The maximum atomic E-state index is 14.6. The molecule has 0 radical (unpaired) electrons. The number of nitrogens with one attached hydrogen (secondary N) is 2. The summed E-state index contributed by atoms with van der Waals surface area (Å²) in [6, 6.07) is 14.8. The average molecular weight is 697 g/mol. The van der Waals surface area contributed by atoms with Gasteiger partial charge < -0.3 is 43.8 Å². The SMILES string of the molecule is COC(=O)[C@@]12O[C@@](C(=O)OC)([C@@H]3[C@H]1[C@@H]1N[C@H]3c3ccccc31)[C@@H]1C3OC([C@@H]4[C@H]3[C@]3(C(=O)OC)O[C@@]4(C(=O)OC)[C@@H]4[C@H]3[C@@H]3N[C@H]4c4ccccc43)[C@@H]12. The zero-order chi connectivity index (χ0) is 34.7. The summed E-state index contributed by atoms with van der Waals surface area (Å²) in [5.74, 6) is -7.27. The van der Waals surface area contributed by atoms with Crippen LogP contribution in [0.15, 0.2) is 48.5 Å². The second kappa shape index (κ2) is 8.83. The summed E-state index contributed by atoms with van der Waals surface area (Å²) in [7, 11) is 5.33. The Labute approximate surface area is 291 Å². The van der Waals surface area contributed by atoms with E-state index in [9.17, 15) is 19.2 Å².